The van der Waals surface area contributed by atoms with Crippen LogP contribution in [0.2, 0.25) is 0 Å². The summed E-state index contributed by atoms with van der Waals surface area (Å²) in [6.45, 7) is 4.05. The van der Waals surface area contributed by atoms with Gasteiger partial charge in [0.05, 0.1) is 6.61 Å². The second-order valence-corrected chi connectivity index (χ2v) is 4.37. The minimum absolute atomic E-state index is 0.0184. The second kappa shape index (κ2) is 7.76. The summed E-state index contributed by atoms with van der Waals surface area (Å²) < 4.78 is 5.43. The van der Waals surface area contributed by atoms with E-state index in [2.05, 4.69) is 5.32 Å². The number of rotatable bonds is 7. The molecular formula is C14H21NO4. The summed E-state index contributed by atoms with van der Waals surface area (Å²) in [6.07, 6.45) is -1.14. The second-order valence-electron chi connectivity index (χ2n) is 4.37. The van der Waals surface area contributed by atoms with Crippen molar-refractivity contribution >= 4 is 5.91 Å². The predicted molar refractivity (Wildman–Crippen MR) is 71.9 cm³/mol. The molecule has 1 amide bonds. The lowest BCUT2D eigenvalue weighted by Gasteiger charge is -2.18. The lowest BCUT2D eigenvalue weighted by atomic mass is 10.0. The fourth-order valence-electron chi connectivity index (χ4n) is 1.56. The summed E-state index contributed by atoms with van der Waals surface area (Å²) in [7, 11) is 0. The molecule has 1 rings (SSSR count). The largest absolute Gasteiger partial charge is 0.494 e. The Morgan fingerprint density at radius 2 is 1.95 bits per heavy atom. The van der Waals surface area contributed by atoms with Crippen LogP contribution in [0.4, 0.5) is 0 Å². The van der Waals surface area contributed by atoms with Crippen LogP contribution in [0.15, 0.2) is 24.3 Å². The first-order valence-electron chi connectivity index (χ1n) is 6.38. The van der Waals surface area contributed by atoms with E-state index >= 15 is 0 Å². The minimum atomic E-state index is -1.04. The van der Waals surface area contributed by atoms with Crippen LogP contribution in [0.3, 0.4) is 0 Å². The molecule has 0 aliphatic heterocycles. The van der Waals surface area contributed by atoms with Gasteiger partial charge in [0.1, 0.15) is 18.0 Å². The van der Waals surface area contributed by atoms with Crippen LogP contribution in [0, 0.1) is 0 Å². The molecule has 5 heteroatoms. The molecule has 0 fully saturated rings. The van der Waals surface area contributed by atoms with Gasteiger partial charge in [0, 0.05) is 13.5 Å². The van der Waals surface area contributed by atoms with E-state index in [0.29, 0.717) is 12.2 Å². The molecule has 1 aromatic rings. The Hall–Kier alpha value is -1.59. The smallest absolute Gasteiger partial charge is 0.216 e. The van der Waals surface area contributed by atoms with Gasteiger partial charge in [-0.25, -0.2) is 0 Å². The summed E-state index contributed by atoms with van der Waals surface area (Å²) in [6, 6.07) is 6.90. The number of hydrogen-bond donors (Lipinski definition) is 3. The summed E-state index contributed by atoms with van der Waals surface area (Å²) in [5.74, 6) is 0.490. The van der Waals surface area contributed by atoms with Crippen molar-refractivity contribution in [1.82, 2.24) is 5.32 Å². The van der Waals surface area contributed by atoms with Gasteiger partial charge in [-0.1, -0.05) is 19.1 Å². The Labute approximate surface area is 113 Å². The van der Waals surface area contributed by atoms with Gasteiger partial charge < -0.3 is 20.3 Å². The third kappa shape index (κ3) is 5.28. The average molecular weight is 267 g/mol. The molecule has 5 nitrogen and oxygen atoms in total. The zero-order valence-corrected chi connectivity index (χ0v) is 11.3. The van der Waals surface area contributed by atoms with Crippen molar-refractivity contribution < 1.29 is 19.7 Å². The molecule has 0 bridgehead atoms. The molecule has 0 aliphatic carbocycles. The van der Waals surface area contributed by atoms with Crippen LogP contribution in [0.25, 0.3) is 0 Å². The van der Waals surface area contributed by atoms with Crippen LogP contribution in [0.1, 0.15) is 31.9 Å². The van der Waals surface area contributed by atoms with Crippen molar-refractivity contribution in [2.45, 2.75) is 32.5 Å². The fourth-order valence-corrected chi connectivity index (χ4v) is 1.56. The molecule has 0 heterocycles. The van der Waals surface area contributed by atoms with Gasteiger partial charge in [0.15, 0.2) is 0 Å². The molecular weight excluding hydrogens is 246 g/mol. The molecule has 0 radical (unpaired) electrons. The zero-order chi connectivity index (χ0) is 14.3. The van der Waals surface area contributed by atoms with Gasteiger partial charge in [-0.3, -0.25) is 4.79 Å². The molecule has 2 atom stereocenters. The van der Waals surface area contributed by atoms with Gasteiger partial charge in [-0.2, -0.15) is 0 Å². The van der Waals surface area contributed by atoms with E-state index in [1.165, 1.54) is 6.92 Å². The van der Waals surface area contributed by atoms with E-state index in [1.807, 2.05) is 6.92 Å². The molecule has 0 aromatic heterocycles. The predicted octanol–water partition coefficient (Wildman–Crippen LogP) is 1.01. The first-order valence-corrected chi connectivity index (χ1v) is 6.38. The van der Waals surface area contributed by atoms with E-state index in [0.717, 1.165) is 12.2 Å². The van der Waals surface area contributed by atoms with Gasteiger partial charge in [0.2, 0.25) is 5.91 Å². The number of carbonyl (C=O) groups excluding carboxylic acids is 1. The summed E-state index contributed by atoms with van der Waals surface area (Å²) in [5, 5.41) is 22.1. The Morgan fingerprint density at radius 3 is 2.47 bits per heavy atom. The number of nitrogens with one attached hydrogen (secondary N) is 1. The van der Waals surface area contributed by atoms with Gasteiger partial charge in [0.25, 0.3) is 0 Å². The number of aliphatic hydroxyl groups excluding tert-OH is 2. The first-order chi connectivity index (χ1) is 9.04. The number of amides is 1. The highest BCUT2D eigenvalue weighted by Crippen LogP contribution is 2.20. The Bertz CT molecular complexity index is 391. The van der Waals surface area contributed by atoms with Crippen LogP contribution < -0.4 is 10.1 Å². The Balaban J connectivity index is 2.56. The monoisotopic (exact) mass is 267 g/mol. The van der Waals surface area contributed by atoms with Gasteiger partial charge in [-0.05, 0) is 24.1 Å². The Kier molecular flexibility index (Phi) is 6.32. The standard InChI is InChI=1S/C14H21NO4/c1-3-8-19-12-6-4-11(5-7-12)14(18)13(17)9-15-10(2)16/h4-7,13-14,17-18H,3,8-9H2,1-2H3,(H,15,16). The lowest BCUT2D eigenvalue weighted by molar-refractivity contribution is -0.119. The molecule has 106 valence electrons. The van der Waals surface area contributed by atoms with Gasteiger partial charge >= 0.3 is 0 Å². The number of aliphatic hydroxyl groups is 2. The van der Waals surface area contributed by atoms with E-state index < -0.39 is 12.2 Å². The summed E-state index contributed by atoms with van der Waals surface area (Å²) in [5.41, 5.74) is 0.585. The number of benzene rings is 1. The normalized spacial score (nSPS) is 13.7. The SMILES string of the molecule is CCCOc1ccc(C(O)C(O)CNC(C)=O)cc1. The van der Waals surface area contributed by atoms with Crippen molar-refractivity contribution in [1.29, 1.82) is 0 Å². The quantitative estimate of drug-likeness (QED) is 0.689. The molecule has 2 unspecified atom stereocenters. The minimum Gasteiger partial charge on any atom is -0.494 e. The van der Waals surface area contributed by atoms with Crippen LogP contribution in [0.5, 0.6) is 5.75 Å². The summed E-state index contributed by atoms with van der Waals surface area (Å²) >= 11 is 0. The van der Waals surface area contributed by atoms with Crippen LogP contribution in [-0.4, -0.2) is 35.4 Å². The van der Waals surface area contributed by atoms with Crippen molar-refractivity contribution in [3.05, 3.63) is 29.8 Å². The lowest BCUT2D eigenvalue weighted by Crippen LogP contribution is -2.34. The van der Waals surface area contributed by atoms with Gasteiger partial charge in [-0.15, -0.1) is 0 Å². The first kappa shape index (κ1) is 15.5. The number of ether oxygens (including phenoxy) is 1. The summed E-state index contributed by atoms with van der Waals surface area (Å²) in [4.78, 5) is 10.7. The number of carbonyl (C=O) groups is 1. The molecule has 0 aliphatic rings. The van der Waals surface area contributed by atoms with E-state index in [-0.39, 0.29) is 12.5 Å². The topological polar surface area (TPSA) is 78.8 Å². The maximum absolute atomic E-state index is 10.7. The molecule has 0 saturated heterocycles. The molecule has 3 N–H and O–H groups in total. The highest BCUT2D eigenvalue weighted by molar-refractivity contribution is 5.72. The highest BCUT2D eigenvalue weighted by Gasteiger charge is 2.18. The highest BCUT2D eigenvalue weighted by atomic mass is 16.5. The fraction of sp³-hybridized carbons (Fsp3) is 0.500. The molecule has 19 heavy (non-hydrogen) atoms. The maximum atomic E-state index is 10.7. The molecule has 1 aromatic carbocycles. The van der Waals surface area contributed by atoms with E-state index in [9.17, 15) is 15.0 Å². The van der Waals surface area contributed by atoms with Crippen molar-refractivity contribution in [2.24, 2.45) is 0 Å². The molecule has 0 saturated carbocycles. The maximum Gasteiger partial charge on any atom is 0.216 e. The third-order valence-corrected chi connectivity index (χ3v) is 2.62. The molecule has 0 spiro atoms. The Morgan fingerprint density at radius 1 is 1.32 bits per heavy atom. The van der Waals surface area contributed by atoms with E-state index in [1.54, 1.807) is 24.3 Å². The zero-order valence-electron chi connectivity index (χ0n) is 11.3. The third-order valence-electron chi connectivity index (χ3n) is 2.62. The average Bonchev–Trinajstić information content (AvgIpc) is 2.42. The van der Waals surface area contributed by atoms with Crippen molar-refractivity contribution in [3.63, 3.8) is 0 Å². The van der Waals surface area contributed by atoms with Crippen molar-refractivity contribution in [3.8, 4) is 5.75 Å². The van der Waals surface area contributed by atoms with Crippen LogP contribution >= 0.6 is 0 Å². The van der Waals surface area contributed by atoms with Crippen LogP contribution in [-0.2, 0) is 4.79 Å². The number of hydrogen-bond acceptors (Lipinski definition) is 4. The van der Waals surface area contributed by atoms with E-state index in [4.69, 9.17) is 4.74 Å². The van der Waals surface area contributed by atoms with Crippen molar-refractivity contribution in [2.75, 3.05) is 13.2 Å².